The standard InChI is InChI=1S/C15H24N2/c1-3-4-11-17(14-9-10-14)15-8-6-5-7-13(15)12-16-2/h5-8,14,16H,3-4,9-12H2,1-2H3. The van der Waals surface area contributed by atoms with E-state index in [1.807, 2.05) is 7.05 Å². The third-order valence-electron chi connectivity index (χ3n) is 3.41. The van der Waals surface area contributed by atoms with Gasteiger partial charge in [0.25, 0.3) is 0 Å². The predicted octanol–water partition coefficient (Wildman–Crippen LogP) is 3.17. The van der Waals surface area contributed by atoms with Crippen LogP contribution in [0.5, 0.6) is 0 Å². The molecule has 0 aliphatic heterocycles. The first-order valence-corrected chi connectivity index (χ1v) is 6.86. The molecular weight excluding hydrogens is 208 g/mol. The molecule has 0 spiro atoms. The summed E-state index contributed by atoms with van der Waals surface area (Å²) in [6.45, 7) is 4.44. The van der Waals surface area contributed by atoms with Crippen molar-refractivity contribution >= 4 is 5.69 Å². The third-order valence-corrected chi connectivity index (χ3v) is 3.41. The summed E-state index contributed by atoms with van der Waals surface area (Å²) in [5.74, 6) is 0. The van der Waals surface area contributed by atoms with E-state index in [0.29, 0.717) is 0 Å². The first kappa shape index (κ1) is 12.4. The quantitative estimate of drug-likeness (QED) is 0.777. The van der Waals surface area contributed by atoms with Crippen LogP contribution in [0, 0.1) is 0 Å². The van der Waals surface area contributed by atoms with Gasteiger partial charge in [-0.2, -0.15) is 0 Å². The van der Waals surface area contributed by atoms with Gasteiger partial charge in [-0.25, -0.2) is 0 Å². The predicted molar refractivity (Wildman–Crippen MR) is 74.5 cm³/mol. The molecule has 0 saturated heterocycles. The molecule has 0 amide bonds. The van der Waals surface area contributed by atoms with E-state index in [0.717, 1.165) is 12.6 Å². The van der Waals surface area contributed by atoms with Crippen molar-refractivity contribution in [1.29, 1.82) is 0 Å². The second kappa shape index (κ2) is 6.06. The topological polar surface area (TPSA) is 15.3 Å². The van der Waals surface area contributed by atoms with E-state index in [1.54, 1.807) is 0 Å². The summed E-state index contributed by atoms with van der Waals surface area (Å²) in [6, 6.07) is 9.63. The number of anilines is 1. The van der Waals surface area contributed by atoms with Crippen LogP contribution in [0.25, 0.3) is 0 Å². The van der Waals surface area contributed by atoms with Crippen LogP contribution in [0.3, 0.4) is 0 Å². The lowest BCUT2D eigenvalue weighted by atomic mass is 10.1. The molecule has 1 aliphatic rings. The molecule has 2 nitrogen and oxygen atoms in total. The Morgan fingerprint density at radius 3 is 2.71 bits per heavy atom. The summed E-state index contributed by atoms with van der Waals surface area (Å²) >= 11 is 0. The Balaban J connectivity index is 2.15. The fourth-order valence-corrected chi connectivity index (χ4v) is 2.35. The normalized spacial score (nSPS) is 14.9. The minimum absolute atomic E-state index is 0.805. The third kappa shape index (κ3) is 3.22. The molecule has 17 heavy (non-hydrogen) atoms. The SMILES string of the molecule is CCCCN(c1ccccc1CNC)C1CC1. The minimum Gasteiger partial charge on any atom is -0.368 e. The summed E-state index contributed by atoms with van der Waals surface area (Å²) in [5, 5.41) is 3.27. The van der Waals surface area contributed by atoms with E-state index in [1.165, 1.54) is 43.5 Å². The van der Waals surface area contributed by atoms with E-state index >= 15 is 0 Å². The Bertz CT molecular complexity index is 345. The maximum Gasteiger partial charge on any atom is 0.0414 e. The first-order chi connectivity index (χ1) is 8.36. The monoisotopic (exact) mass is 232 g/mol. The van der Waals surface area contributed by atoms with Crippen molar-refractivity contribution in [3.63, 3.8) is 0 Å². The van der Waals surface area contributed by atoms with Crippen LogP contribution in [0.4, 0.5) is 5.69 Å². The van der Waals surface area contributed by atoms with E-state index in [-0.39, 0.29) is 0 Å². The van der Waals surface area contributed by atoms with Crippen LogP contribution >= 0.6 is 0 Å². The van der Waals surface area contributed by atoms with E-state index < -0.39 is 0 Å². The van der Waals surface area contributed by atoms with Gasteiger partial charge in [-0.15, -0.1) is 0 Å². The lowest BCUT2D eigenvalue weighted by Gasteiger charge is -2.27. The van der Waals surface area contributed by atoms with E-state index in [4.69, 9.17) is 0 Å². The van der Waals surface area contributed by atoms with Crippen LogP contribution in [0.15, 0.2) is 24.3 Å². The highest BCUT2D eigenvalue weighted by molar-refractivity contribution is 5.55. The number of benzene rings is 1. The molecule has 2 heteroatoms. The van der Waals surface area contributed by atoms with Gasteiger partial charge in [-0.05, 0) is 37.9 Å². The Morgan fingerprint density at radius 1 is 1.29 bits per heavy atom. The average molecular weight is 232 g/mol. The van der Waals surface area contributed by atoms with Crippen molar-refractivity contribution < 1.29 is 0 Å². The molecule has 0 atom stereocenters. The van der Waals surface area contributed by atoms with Crippen molar-refractivity contribution in [3.8, 4) is 0 Å². The van der Waals surface area contributed by atoms with Crippen molar-refractivity contribution in [1.82, 2.24) is 5.32 Å². The molecule has 0 aromatic heterocycles. The molecule has 94 valence electrons. The van der Waals surface area contributed by atoms with Crippen molar-refractivity contribution in [2.75, 3.05) is 18.5 Å². The molecular formula is C15H24N2. The maximum absolute atomic E-state index is 3.27. The van der Waals surface area contributed by atoms with Gasteiger partial charge in [0.15, 0.2) is 0 Å². The van der Waals surface area contributed by atoms with Crippen LogP contribution in [-0.2, 0) is 6.54 Å². The maximum atomic E-state index is 3.27. The molecule has 1 saturated carbocycles. The van der Waals surface area contributed by atoms with Gasteiger partial charge in [0.2, 0.25) is 0 Å². The second-order valence-corrected chi connectivity index (χ2v) is 4.94. The van der Waals surface area contributed by atoms with Crippen molar-refractivity contribution in [2.45, 2.75) is 45.2 Å². The van der Waals surface area contributed by atoms with Crippen LogP contribution in [0.1, 0.15) is 38.2 Å². The number of rotatable bonds is 7. The molecule has 1 aromatic rings. The van der Waals surface area contributed by atoms with Gasteiger partial charge in [0.05, 0.1) is 0 Å². The smallest absolute Gasteiger partial charge is 0.0414 e. The zero-order valence-electron chi connectivity index (χ0n) is 11.1. The van der Waals surface area contributed by atoms with Crippen LogP contribution < -0.4 is 10.2 Å². The van der Waals surface area contributed by atoms with Gasteiger partial charge < -0.3 is 10.2 Å². The molecule has 1 aliphatic carbocycles. The fourth-order valence-electron chi connectivity index (χ4n) is 2.35. The molecule has 0 bridgehead atoms. The highest BCUT2D eigenvalue weighted by Gasteiger charge is 2.29. The van der Waals surface area contributed by atoms with Gasteiger partial charge in [0, 0.05) is 24.8 Å². The number of nitrogens with zero attached hydrogens (tertiary/aromatic N) is 1. The summed E-state index contributed by atoms with van der Waals surface area (Å²) in [4.78, 5) is 2.62. The number of hydrogen-bond acceptors (Lipinski definition) is 2. The molecule has 0 unspecified atom stereocenters. The lowest BCUT2D eigenvalue weighted by molar-refractivity contribution is 0.705. The largest absolute Gasteiger partial charge is 0.368 e. The summed E-state index contributed by atoms with van der Waals surface area (Å²) in [5.41, 5.74) is 2.87. The van der Waals surface area contributed by atoms with Crippen molar-refractivity contribution in [2.24, 2.45) is 0 Å². The summed E-state index contributed by atoms with van der Waals surface area (Å²) < 4.78 is 0. The van der Waals surface area contributed by atoms with Gasteiger partial charge in [-0.3, -0.25) is 0 Å². The van der Waals surface area contributed by atoms with Crippen molar-refractivity contribution in [3.05, 3.63) is 29.8 Å². The van der Waals surface area contributed by atoms with E-state index in [9.17, 15) is 0 Å². The van der Waals surface area contributed by atoms with E-state index in [2.05, 4.69) is 41.4 Å². The highest BCUT2D eigenvalue weighted by atomic mass is 15.2. The molecule has 0 radical (unpaired) electrons. The summed E-state index contributed by atoms with van der Waals surface area (Å²) in [7, 11) is 2.02. The van der Waals surface area contributed by atoms with Gasteiger partial charge in [-0.1, -0.05) is 31.5 Å². The average Bonchev–Trinajstić information content (AvgIpc) is 3.16. The molecule has 1 aromatic carbocycles. The fraction of sp³-hybridized carbons (Fsp3) is 0.600. The number of unbranched alkanes of at least 4 members (excludes halogenated alkanes) is 1. The molecule has 1 N–H and O–H groups in total. The number of para-hydroxylation sites is 1. The van der Waals surface area contributed by atoms with Gasteiger partial charge >= 0.3 is 0 Å². The Kier molecular flexibility index (Phi) is 4.43. The zero-order chi connectivity index (χ0) is 12.1. The lowest BCUT2D eigenvalue weighted by Crippen LogP contribution is -2.28. The Hall–Kier alpha value is -1.02. The first-order valence-electron chi connectivity index (χ1n) is 6.86. The number of hydrogen-bond donors (Lipinski definition) is 1. The zero-order valence-corrected chi connectivity index (χ0v) is 11.1. The molecule has 0 heterocycles. The molecule has 2 rings (SSSR count). The van der Waals surface area contributed by atoms with Gasteiger partial charge in [0.1, 0.15) is 0 Å². The Labute approximate surface area is 105 Å². The number of nitrogens with one attached hydrogen (secondary N) is 1. The summed E-state index contributed by atoms with van der Waals surface area (Å²) in [6.07, 6.45) is 5.32. The van der Waals surface area contributed by atoms with Crippen LogP contribution in [-0.4, -0.2) is 19.6 Å². The minimum atomic E-state index is 0.805. The Morgan fingerprint density at radius 2 is 2.06 bits per heavy atom. The molecule has 1 fully saturated rings. The second-order valence-electron chi connectivity index (χ2n) is 4.94. The van der Waals surface area contributed by atoms with Crippen LogP contribution in [0.2, 0.25) is 0 Å². The highest BCUT2D eigenvalue weighted by Crippen LogP contribution is 2.33.